The number of amides is 1. The van der Waals surface area contributed by atoms with Gasteiger partial charge in [0.15, 0.2) is 0 Å². The Bertz CT molecular complexity index is 1120. The van der Waals surface area contributed by atoms with Crippen LogP contribution in [0.2, 0.25) is 0 Å². The molecule has 6 rings (SSSR count). The van der Waals surface area contributed by atoms with Crippen molar-refractivity contribution < 1.29 is 9.90 Å². The van der Waals surface area contributed by atoms with Crippen LogP contribution in [0, 0.1) is 18.8 Å². The molecule has 3 aromatic rings. The minimum atomic E-state index is -0.451. The summed E-state index contributed by atoms with van der Waals surface area (Å²) in [5, 5.41) is 19.4. The van der Waals surface area contributed by atoms with E-state index in [1.807, 2.05) is 51.6 Å². The second-order valence-corrected chi connectivity index (χ2v) is 9.28. The molecule has 30 heavy (non-hydrogen) atoms. The lowest BCUT2D eigenvalue weighted by molar-refractivity contribution is 0.0298. The highest BCUT2D eigenvalue weighted by atomic mass is 16.3. The number of likely N-dealkylation sites (tertiary alicyclic amines) is 1. The molecule has 1 amide bonds. The average molecular weight is 406 g/mol. The molecule has 3 fully saturated rings. The van der Waals surface area contributed by atoms with Crippen molar-refractivity contribution in [3.63, 3.8) is 0 Å². The topological polar surface area (TPSA) is 88.5 Å². The zero-order valence-corrected chi connectivity index (χ0v) is 17.1. The number of hydrogen-bond donors (Lipinski definition) is 1. The second-order valence-electron chi connectivity index (χ2n) is 9.28. The van der Waals surface area contributed by atoms with Crippen molar-refractivity contribution in [2.45, 2.75) is 50.7 Å². The molecule has 2 aliphatic carbocycles. The van der Waals surface area contributed by atoms with Crippen LogP contribution in [0.5, 0.6) is 0 Å². The molecule has 0 radical (unpaired) electrons. The smallest absolute Gasteiger partial charge is 0.274 e. The molecule has 4 atom stereocenters. The Morgan fingerprint density at radius 2 is 1.97 bits per heavy atom. The summed E-state index contributed by atoms with van der Waals surface area (Å²) >= 11 is 0. The minimum absolute atomic E-state index is 0.0182. The molecule has 8 nitrogen and oxygen atoms in total. The van der Waals surface area contributed by atoms with Crippen LogP contribution in [-0.2, 0) is 0 Å². The third kappa shape index (κ3) is 2.93. The van der Waals surface area contributed by atoms with Crippen molar-refractivity contribution in [1.82, 2.24) is 29.3 Å². The summed E-state index contributed by atoms with van der Waals surface area (Å²) in [5.41, 5.74) is 3.42. The fourth-order valence-corrected chi connectivity index (χ4v) is 5.29. The Kier molecular flexibility index (Phi) is 3.99. The van der Waals surface area contributed by atoms with E-state index in [1.165, 1.54) is 12.8 Å². The lowest BCUT2D eigenvalue weighted by atomic mass is 9.77. The molecule has 0 bridgehead atoms. The van der Waals surface area contributed by atoms with Crippen LogP contribution in [0.25, 0.3) is 5.65 Å². The van der Waals surface area contributed by atoms with E-state index < -0.39 is 6.10 Å². The summed E-state index contributed by atoms with van der Waals surface area (Å²) < 4.78 is 3.78. The monoisotopic (exact) mass is 406 g/mol. The molecule has 0 unspecified atom stereocenters. The van der Waals surface area contributed by atoms with Gasteiger partial charge in [0.1, 0.15) is 11.3 Å². The fraction of sp³-hybridized carbons (Fsp3) is 0.545. The average Bonchev–Trinajstić information content (AvgIpc) is 3.15. The molecule has 2 saturated carbocycles. The van der Waals surface area contributed by atoms with Crippen LogP contribution in [0.4, 0.5) is 0 Å². The van der Waals surface area contributed by atoms with Gasteiger partial charge in [0.25, 0.3) is 5.91 Å². The van der Waals surface area contributed by atoms with Gasteiger partial charge in [-0.2, -0.15) is 0 Å². The van der Waals surface area contributed by atoms with Crippen molar-refractivity contribution in [3.05, 3.63) is 47.7 Å². The molecule has 1 N–H and O–H groups in total. The molecular formula is C22H26N6O2. The van der Waals surface area contributed by atoms with E-state index in [1.54, 1.807) is 0 Å². The van der Waals surface area contributed by atoms with Crippen molar-refractivity contribution in [1.29, 1.82) is 0 Å². The minimum Gasteiger partial charge on any atom is -0.391 e. The molecule has 1 saturated heterocycles. The van der Waals surface area contributed by atoms with Gasteiger partial charge in [-0.05, 0) is 56.1 Å². The molecule has 3 aromatic heterocycles. The number of hydrogen-bond acceptors (Lipinski definition) is 5. The van der Waals surface area contributed by atoms with E-state index in [0.29, 0.717) is 43.0 Å². The Labute approximate surface area is 174 Å². The zero-order chi connectivity index (χ0) is 20.4. The lowest BCUT2D eigenvalue weighted by Crippen LogP contribution is -2.36. The van der Waals surface area contributed by atoms with Gasteiger partial charge in [-0.1, -0.05) is 11.3 Å². The number of pyridine rings is 1. The van der Waals surface area contributed by atoms with Crippen molar-refractivity contribution >= 4 is 11.6 Å². The first-order valence-corrected chi connectivity index (χ1v) is 10.9. The van der Waals surface area contributed by atoms with Crippen molar-refractivity contribution in [2.24, 2.45) is 11.8 Å². The van der Waals surface area contributed by atoms with Crippen LogP contribution in [0.3, 0.4) is 0 Å². The van der Waals surface area contributed by atoms with Gasteiger partial charge in [0.05, 0.1) is 17.8 Å². The Morgan fingerprint density at radius 1 is 1.17 bits per heavy atom. The highest BCUT2D eigenvalue weighted by molar-refractivity contribution is 5.93. The number of carbonyl (C=O) groups excluding carboxylic acids is 1. The van der Waals surface area contributed by atoms with Gasteiger partial charge < -0.3 is 14.4 Å². The summed E-state index contributed by atoms with van der Waals surface area (Å²) in [7, 11) is 0. The second kappa shape index (κ2) is 6.63. The predicted molar refractivity (Wildman–Crippen MR) is 109 cm³/mol. The molecule has 156 valence electrons. The van der Waals surface area contributed by atoms with Crippen LogP contribution in [0.15, 0.2) is 30.7 Å². The van der Waals surface area contributed by atoms with E-state index in [0.717, 1.165) is 23.3 Å². The van der Waals surface area contributed by atoms with E-state index in [4.69, 9.17) is 0 Å². The van der Waals surface area contributed by atoms with E-state index >= 15 is 0 Å². The summed E-state index contributed by atoms with van der Waals surface area (Å²) in [6.07, 6.45) is 9.21. The Morgan fingerprint density at radius 3 is 2.73 bits per heavy atom. The van der Waals surface area contributed by atoms with E-state index in [2.05, 4.69) is 15.3 Å². The number of nitrogens with zero attached hydrogens (tertiary/aromatic N) is 6. The predicted octanol–water partition coefficient (Wildman–Crippen LogP) is 2.20. The standard InChI is InChI=1S/C22H26N6O2/c1-13-3-2-6-26-11-18(23-21(13)26)22(30)27-9-15-7-19(20(29)8-16(15)10-27)28-12-17(24-25-28)14-4-5-14/h2-3,6,11-12,14-16,19-20,29H,4-5,7-10H2,1H3/t15-,16+,19-,20-/m1/s1. The molecule has 3 aliphatic rings. The van der Waals surface area contributed by atoms with Crippen molar-refractivity contribution in [2.75, 3.05) is 13.1 Å². The van der Waals surface area contributed by atoms with Gasteiger partial charge in [0, 0.05) is 37.6 Å². The first kappa shape index (κ1) is 18.1. The SMILES string of the molecule is Cc1cccn2cc(C(=O)N3C[C@H]4C[C@@H](n5cc(C6CC6)nn5)[C@H](O)C[C@H]4C3)nc12. The van der Waals surface area contributed by atoms with Gasteiger partial charge >= 0.3 is 0 Å². The van der Waals surface area contributed by atoms with Gasteiger partial charge in [-0.15, -0.1) is 5.10 Å². The number of aliphatic hydroxyl groups is 1. The number of carbonyl (C=O) groups is 1. The highest BCUT2D eigenvalue weighted by Gasteiger charge is 2.44. The third-order valence-electron chi connectivity index (χ3n) is 7.16. The number of aryl methyl sites for hydroxylation is 1. The van der Waals surface area contributed by atoms with Crippen LogP contribution < -0.4 is 0 Å². The van der Waals surface area contributed by atoms with Crippen LogP contribution in [-0.4, -0.2) is 59.5 Å². The number of rotatable bonds is 3. The summed E-state index contributed by atoms with van der Waals surface area (Å²) in [4.78, 5) is 19.6. The van der Waals surface area contributed by atoms with Gasteiger partial charge in [-0.25, -0.2) is 9.67 Å². The third-order valence-corrected chi connectivity index (χ3v) is 7.16. The maximum Gasteiger partial charge on any atom is 0.274 e. The molecule has 1 aliphatic heterocycles. The maximum atomic E-state index is 13.1. The number of aromatic nitrogens is 5. The number of imidazole rings is 1. The van der Waals surface area contributed by atoms with Gasteiger partial charge in [-0.3, -0.25) is 4.79 Å². The molecule has 0 spiro atoms. The maximum absolute atomic E-state index is 13.1. The summed E-state index contributed by atoms with van der Waals surface area (Å²) in [5.74, 6) is 1.23. The lowest BCUT2D eigenvalue weighted by Gasteiger charge is -2.34. The molecule has 0 aromatic carbocycles. The van der Waals surface area contributed by atoms with Crippen LogP contribution >= 0.6 is 0 Å². The fourth-order valence-electron chi connectivity index (χ4n) is 5.29. The number of fused-ring (bicyclic) bond motifs is 2. The Hall–Kier alpha value is -2.74. The summed E-state index contributed by atoms with van der Waals surface area (Å²) in [6.45, 7) is 3.40. The summed E-state index contributed by atoms with van der Waals surface area (Å²) in [6, 6.07) is 3.91. The van der Waals surface area contributed by atoms with Gasteiger partial charge in [0.2, 0.25) is 0 Å². The molecular weight excluding hydrogens is 380 g/mol. The van der Waals surface area contributed by atoms with Crippen molar-refractivity contribution in [3.8, 4) is 0 Å². The first-order chi connectivity index (χ1) is 14.6. The highest BCUT2D eigenvalue weighted by Crippen LogP contribution is 2.43. The Balaban J connectivity index is 1.19. The quantitative estimate of drug-likeness (QED) is 0.720. The van der Waals surface area contributed by atoms with E-state index in [-0.39, 0.29) is 11.9 Å². The number of aliphatic hydroxyl groups excluding tert-OH is 1. The largest absolute Gasteiger partial charge is 0.391 e. The van der Waals surface area contributed by atoms with Crippen LogP contribution in [0.1, 0.15) is 59.4 Å². The molecule has 8 heteroatoms. The molecule has 4 heterocycles. The zero-order valence-electron chi connectivity index (χ0n) is 17.1. The van der Waals surface area contributed by atoms with E-state index in [9.17, 15) is 9.90 Å². The first-order valence-electron chi connectivity index (χ1n) is 10.9. The normalized spacial score (nSPS) is 28.8.